The smallest absolute Gasteiger partial charge is 0.338 e. The number of halogens is 12. The van der Waals surface area contributed by atoms with Crippen molar-refractivity contribution in [2.24, 2.45) is 0 Å². The molecule has 172 valence electrons. The van der Waals surface area contributed by atoms with Crippen molar-refractivity contribution in [1.29, 1.82) is 0 Å². The van der Waals surface area contributed by atoms with E-state index in [-0.39, 0.29) is 24.3 Å². The summed E-state index contributed by atoms with van der Waals surface area (Å²) in [6, 6.07) is -1.55. The second kappa shape index (κ2) is 7.44. The molecule has 0 spiro atoms. The largest absolute Gasteiger partial charge is 0.417 e. The number of benzene rings is 2. The first kappa shape index (κ1) is 25.1. The average molecular weight is 490 g/mol. The third-order valence-corrected chi connectivity index (χ3v) is 6.00. The van der Waals surface area contributed by atoms with E-state index in [1.807, 2.05) is 0 Å². The summed E-state index contributed by atoms with van der Waals surface area (Å²) in [6.07, 6.45) is -22.1. The van der Waals surface area contributed by atoms with Gasteiger partial charge in [-0.15, -0.1) is 0 Å². The van der Waals surface area contributed by atoms with Gasteiger partial charge in [-0.2, -0.15) is 52.7 Å². The van der Waals surface area contributed by atoms with E-state index in [1.165, 1.54) is 0 Å². The maximum absolute atomic E-state index is 13.2. The topological polar surface area (TPSA) is 37.3 Å². The van der Waals surface area contributed by atoms with Crippen molar-refractivity contribution in [2.45, 2.75) is 24.7 Å². The third-order valence-electron chi connectivity index (χ3n) is 3.91. The van der Waals surface area contributed by atoms with Crippen molar-refractivity contribution < 1.29 is 62.1 Å². The van der Waals surface area contributed by atoms with E-state index >= 15 is 0 Å². The molecule has 1 N–H and O–H groups in total. The lowest BCUT2D eigenvalue weighted by molar-refractivity contribution is -0.144. The lowest BCUT2D eigenvalue weighted by atomic mass is 10.1. The molecule has 0 fully saturated rings. The van der Waals surface area contributed by atoms with Crippen molar-refractivity contribution >= 4 is 18.0 Å². The zero-order valence-corrected chi connectivity index (χ0v) is 15.2. The normalized spacial score (nSPS) is 14.1. The molecule has 31 heavy (non-hydrogen) atoms. The Balaban J connectivity index is 2.86. The van der Waals surface area contributed by atoms with Crippen LogP contribution >= 0.6 is 7.37 Å². The maximum Gasteiger partial charge on any atom is 0.417 e. The van der Waals surface area contributed by atoms with Crippen LogP contribution in [0.1, 0.15) is 22.3 Å². The minimum Gasteiger partial charge on any atom is -0.338 e. The molecule has 0 bridgehead atoms. The van der Waals surface area contributed by atoms with Crippen LogP contribution in [0.15, 0.2) is 36.4 Å². The highest BCUT2D eigenvalue weighted by molar-refractivity contribution is 7.73. The quantitative estimate of drug-likeness (QED) is 0.416. The molecule has 0 aromatic heterocycles. The molecular formula is C16H7F12O2P. The summed E-state index contributed by atoms with van der Waals surface area (Å²) in [4.78, 5) is 10.1. The van der Waals surface area contributed by atoms with Gasteiger partial charge >= 0.3 is 24.7 Å². The third kappa shape index (κ3) is 5.17. The van der Waals surface area contributed by atoms with Gasteiger partial charge in [0.2, 0.25) is 0 Å². The molecule has 0 heterocycles. The molecule has 0 saturated carbocycles. The van der Waals surface area contributed by atoms with Crippen LogP contribution in [0.25, 0.3) is 0 Å². The number of alkyl halides is 12. The minimum atomic E-state index is -5.98. The molecule has 2 nitrogen and oxygen atoms in total. The van der Waals surface area contributed by atoms with Crippen molar-refractivity contribution in [1.82, 2.24) is 0 Å². The van der Waals surface area contributed by atoms with Crippen LogP contribution in [-0.4, -0.2) is 4.89 Å². The van der Waals surface area contributed by atoms with Crippen LogP contribution in [0.4, 0.5) is 52.7 Å². The van der Waals surface area contributed by atoms with Crippen LogP contribution < -0.4 is 10.6 Å². The molecule has 0 amide bonds. The fourth-order valence-electron chi connectivity index (χ4n) is 2.54. The van der Waals surface area contributed by atoms with Crippen LogP contribution in [0.2, 0.25) is 0 Å². The number of hydrogen-bond donors (Lipinski definition) is 1. The molecular weight excluding hydrogens is 483 g/mol. The summed E-state index contributed by atoms with van der Waals surface area (Å²) in [5, 5.41) is -3.70. The van der Waals surface area contributed by atoms with Gasteiger partial charge < -0.3 is 4.89 Å². The molecule has 0 aliphatic heterocycles. The average Bonchev–Trinajstić information content (AvgIpc) is 2.57. The van der Waals surface area contributed by atoms with Crippen LogP contribution in [-0.2, 0) is 29.3 Å². The van der Waals surface area contributed by atoms with E-state index < -0.39 is 77.1 Å². The molecule has 0 unspecified atom stereocenters. The molecule has 0 aliphatic rings. The zero-order valence-electron chi connectivity index (χ0n) is 14.3. The minimum absolute atomic E-state index is 0.0647. The molecule has 15 heteroatoms. The fourth-order valence-corrected chi connectivity index (χ4v) is 4.39. The second-order valence-electron chi connectivity index (χ2n) is 6.03. The van der Waals surface area contributed by atoms with Gasteiger partial charge in [0.15, 0.2) is 0 Å². The van der Waals surface area contributed by atoms with E-state index in [1.54, 1.807) is 0 Å². The number of rotatable bonds is 2. The highest BCUT2D eigenvalue weighted by Crippen LogP contribution is 2.48. The molecule has 0 radical (unpaired) electrons. The molecule has 0 aliphatic carbocycles. The zero-order chi connectivity index (χ0) is 24.2. The summed E-state index contributed by atoms with van der Waals surface area (Å²) >= 11 is 0. The van der Waals surface area contributed by atoms with Gasteiger partial charge in [0, 0.05) is 0 Å². The van der Waals surface area contributed by atoms with Gasteiger partial charge in [0.1, 0.15) is 0 Å². The van der Waals surface area contributed by atoms with Gasteiger partial charge in [-0.05, 0) is 36.4 Å². The van der Waals surface area contributed by atoms with Crippen LogP contribution in [0.3, 0.4) is 0 Å². The predicted octanol–water partition coefficient (Wildman–Crippen LogP) is 5.98. The summed E-state index contributed by atoms with van der Waals surface area (Å²) in [5.41, 5.74) is -8.54. The Morgan fingerprint density at radius 2 is 0.839 bits per heavy atom. The SMILES string of the molecule is O=P(O)(c1ccc(C(F)(F)F)cc1C(F)(F)F)c1ccc(C(F)(F)F)cc1C(F)(F)F. The molecule has 0 atom stereocenters. The lowest BCUT2D eigenvalue weighted by Gasteiger charge is -2.23. The van der Waals surface area contributed by atoms with Crippen molar-refractivity contribution in [2.75, 3.05) is 0 Å². The van der Waals surface area contributed by atoms with Crippen LogP contribution in [0.5, 0.6) is 0 Å². The lowest BCUT2D eigenvalue weighted by Crippen LogP contribution is -2.29. The Labute approximate surface area is 164 Å². The van der Waals surface area contributed by atoms with Gasteiger partial charge in [-0.3, -0.25) is 4.57 Å². The van der Waals surface area contributed by atoms with Gasteiger partial charge in [-0.25, -0.2) is 0 Å². The highest BCUT2D eigenvalue weighted by atomic mass is 31.2. The molecule has 2 aromatic carbocycles. The summed E-state index contributed by atoms with van der Waals surface area (Å²) < 4.78 is 169. The second-order valence-corrected chi connectivity index (χ2v) is 8.15. The summed E-state index contributed by atoms with van der Waals surface area (Å²) in [6.45, 7) is 0. The summed E-state index contributed by atoms with van der Waals surface area (Å²) in [7, 11) is -5.98. The highest BCUT2D eigenvalue weighted by Gasteiger charge is 2.46. The number of hydrogen-bond acceptors (Lipinski definition) is 1. The van der Waals surface area contributed by atoms with E-state index in [0.29, 0.717) is 0 Å². The van der Waals surface area contributed by atoms with Crippen molar-refractivity contribution in [3.05, 3.63) is 58.7 Å². The van der Waals surface area contributed by atoms with E-state index in [4.69, 9.17) is 0 Å². The standard InChI is InChI=1S/C16H7F12O2P/c17-13(18,19)7-1-3-11(9(5-7)15(23,24)25)31(29,30)12-4-2-8(14(20,21)22)6-10(12)16(26,27)28/h1-6H,(H,29,30). The molecule has 0 saturated heterocycles. The molecule has 2 aromatic rings. The van der Waals surface area contributed by atoms with Gasteiger partial charge in [0.25, 0.3) is 7.37 Å². The first-order chi connectivity index (χ1) is 13.7. The Morgan fingerprint density at radius 3 is 1.06 bits per heavy atom. The van der Waals surface area contributed by atoms with Crippen molar-refractivity contribution in [3.8, 4) is 0 Å². The van der Waals surface area contributed by atoms with Gasteiger partial charge in [0.05, 0.1) is 32.9 Å². The van der Waals surface area contributed by atoms with Gasteiger partial charge in [-0.1, -0.05) is 0 Å². The maximum atomic E-state index is 13.2. The first-order valence-corrected chi connectivity index (χ1v) is 9.23. The Morgan fingerprint density at radius 1 is 0.548 bits per heavy atom. The predicted molar refractivity (Wildman–Crippen MR) is 82.0 cm³/mol. The van der Waals surface area contributed by atoms with E-state index in [9.17, 15) is 62.1 Å². The van der Waals surface area contributed by atoms with Crippen LogP contribution in [0, 0.1) is 0 Å². The Hall–Kier alpha value is -2.21. The van der Waals surface area contributed by atoms with E-state index in [2.05, 4.69) is 0 Å². The summed E-state index contributed by atoms with van der Waals surface area (Å²) in [5.74, 6) is 0. The first-order valence-electron chi connectivity index (χ1n) is 7.57. The Bertz CT molecular complexity index is 951. The Kier molecular flexibility index (Phi) is 6.01. The monoisotopic (exact) mass is 490 g/mol. The molecule has 2 rings (SSSR count). The van der Waals surface area contributed by atoms with E-state index in [0.717, 1.165) is 0 Å². The fraction of sp³-hybridized carbons (Fsp3) is 0.250. The van der Waals surface area contributed by atoms with Crippen molar-refractivity contribution in [3.63, 3.8) is 0 Å².